The van der Waals surface area contributed by atoms with Crippen molar-refractivity contribution in [2.24, 2.45) is 0 Å². The van der Waals surface area contributed by atoms with E-state index in [0.717, 1.165) is 0 Å². The number of H-pyrrole nitrogens is 1. The van der Waals surface area contributed by atoms with Crippen molar-refractivity contribution in [1.29, 1.82) is 0 Å². The van der Waals surface area contributed by atoms with Crippen molar-refractivity contribution < 1.29 is 13.9 Å². The van der Waals surface area contributed by atoms with Crippen molar-refractivity contribution in [1.82, 2.24) is 15.2 Å². The molecule has 0 aliphatic heterocycles. The van der Waals surface area contributed by atoms with Gasteiger partial charge >= 0.3 is 0 Å². The maximum absolute atomic E-state index is 13.4. The molecule has 1 heterocycles. The zero-order valence-electron chi connectivity index (χ0n) is 9.11. The molecule has 0 saturated heterocycles. The van der Waals surface area contributed by atoms with Crippen molar-refractivity contribution in [3.63, 3.8) is 0 Å². The van der Waals surface area contributed by atoms with Gasteiger partial charge in [-0.05, 0) is 17.7 Å². The first kappa shape index (κ1) is 11.3. The molecule has 17 heavy (non-hydrogen) atoms. The van der Waals surface area contributed by atoms with Gasteiger partial charge in [0.15, 0.2) is 17.4 Å². The van der Waals surface area contributed by atoms with Crippen LogP contribution >= 0.6 is 0 Å². The Bertz CT molecular complexity index is 526. The first-order valence-corrected chi connectivity index (χ1v) is 4.91. The predicted molar refractivity (Wildman–Crippen MR) is 57.4 cm³/mol. The summed E-state index contributed by atoms with van der Waals surface area (Å²) in [5.41, 5.74) is 0.560. The molecular weight excluding hydrogens is 225 g/mol. The fraction of sp³-hybridized carbons (Fsp3) is 0.182. The van der Waals surface area contributed by atoms with E-state index in [4.69, 9.17) is 4.74 Å². The highest BCUT2D eigenvalue weighted by Gasteiger charge is 2.11. The van der Waals surface area contributed by atoms with Gasteiger partial charge in [0.05, 0.1) is 7.11 Å². The third-order valence-electron chi connectivity index (χ3n) is 2.26. The molecule has 0 unspecified atom stereocenters. The second-order valence-corrected chi connectivity index (χ2v) is 3.40. The lowest BCUT2D eigenvalue weighted by atomic mass is 10.1. The zero-order valence-corrected chi connectivity index (χ0v) is 9.11. The highest BCUT2D eigenvalue weighted by atomic mass is 19.1. The van der Waals surface area contributed by atoms with Gasteiger partial charge in [0.1, 0.15) is 6.33 Å². The van der Waals surface area contributed by atoms with Crippen LogP contribution in [-0.4, -0.2) is 28.1 Å². The van der Waals surface area contributed by atoms with E-state index < -0.39 is 5.82 Å². The van der Waals surface area contributed by atoms with E-state index >= 15 is 0 Å². The van der Waals surface area contributed by atoms with Crippen LogP contribution < -0.4 is 4.74 Å². The van der Waals surface area contributed by atoms with Crippen LogP contribution in [0.3, 0.4) is 0 Å². The molecule has 0 atom stereocenters. The van der Waals surface area contributed by atoms with Crippen molar-refractivity contribution in [3.05, 3.63) is 41.7 Å². The van der Waals surface area contributed by atoms with Crippen LogP contribution in [0.1, 0.15) is 16.2 Å². The first-order valence-electron chi connectivity index (χ1n) is 4.91. The van der Waals surface area contributed by atoms with Gasteiger partial charge in [0.2, 0.25) is 5.78 Å². The van der Waals surface area contributed by atoms with E-state index in [0.29, 0.717) is 5.56 Å². The molecular formula is C11H10FN3O2. The van der Waals surface area contributed by atoms with Crippen LogP contribution in [0, 0.1) is 5.82 Å². The number of nitrogens with zero attached hydrogens (tertiary/aromatic N) is 2. The van der Waals surface area contributed by atoms with Crippen LogP contribution in [-0.2, 0) is 6.42 Å². The Hall–Kier alpha value is -2.24. The third kappa shape index (κ3) is 2.47. The third-order valence-corrected chi connectivity index (χ3v) is 2.26. The number of aromatic amines is 1. The molecule has 2 aromatic rings. The van der Waals surface area contributed by atoms with E-state index in [2.05, 4.69) is 15.2 Å². The standard InChI is InChI=1S/C11H10FN3O2/c1-17-10-3-2-7(4-8(10)12)5-9(16)11-13-6-14-15-11/h2-4,6H,5H2,1H3,(H,13,14,15). The van der Waals surface area contributed by atoms with E-state index in [-0.39, 0.29) is 23.8 Å². The SMILES string of the molecule is COc1ccc(CC(=O)c2ncn[nH]2)cc1F. The summed E-state index contributed by atoms with van der Waals surface area (Å²) in [4.78, 5) is 15.4. The molecule has 0 radical (unpaired) electrons. The molecule has 0 bridgehead atoms. The monoisotopic (exact) mass is 235 g/mol. The minimum Gasteiger partial charge on any atom is -0.494 e. The van der Waals surface area contributed by atoms with Gasteiger partial charge < -0.3 is 4.74 Å². The van der Waals surface area contributed by atoms with Gasteiger partial charge in [-0.3, -0.25) is 9.89 Å². The van der Waals surface area contributed by atoms with Crippen LogP contribution in [0.4, 0.5) is 4.39 Å². The van der Waals surface area contributed by atoms with Crippen LogP contribution in [0.15, 0.2) is 24.5 Å². The fourth-order valence-corrected chi connectivity index (χ4v) is 1.43. The second-order valence-electron chi connectivity index (χ2n) is 3.40. The average molecular weight is 235 g/mol. The normalized spacial score (nSPS) is 10.2. The van der Waals surface area contributed by atoms with Crippen LogP contribution in [0.5, 0.6) is 5.75 Å². The summed E-state index contributed by atoms with van der Waals surface area (Å²) >= 11 is 0. The number of benzene rings is 1. The van der Waals surface area contributed by atoms with Gasteiger partial charge in [0, 0.05) is 6.42 Å². The zero-order chi connectivity index (χ0) is 12.3. The number of methoxy groups -OCH3 is 1. The molecule has 0 amide bonds. The summed E-state index contributed by atoms with van der Waals surface area (Å²) in [6.07, 6.45) is 1.32. The Labute approximate surface area is 96.6 Å². The minimum atomic E-state index is -0.490. The Kier molecular flexibility index (Phi) is 3.13. The second kappa shape index (κ2) is 4.73. The molecule has 6 heteroatoms. The molecule has 0 fully saturated rings. The lowest BCUT2D eigenvalue weighted by Gasteiger charge is -2.03. The quantitative estimate of drug-likeness (QED) is 0.813. The fourth-order valence-electron chi connectivity index (χ4n) is 1.43. The van der Waals surface area contributed by atoms with Crippen molar-refractivity contribution in [3.8, 4) is 5.75 Å². The van der Waals surface area contributed by atoms with Gasteiger partial charge in [-0.2, -0.15) is 5.10 Å². The Balaban J connectivity index is 2.14. The molecule has 1 aromatic carbocycles. The van der Waals surface area contributed by atoms with Crippen molar-refractivity contribution in [2.45, 2.75) is 6.42 Å². The Morgan fingerprint density at radius 1 is 1.53 bits per heavy atom. The number of carbonyl (C=O) groups is 1. The Morgan fingerprint density at radius 2 is 2.35 bits per heavy atom. The van der Waals surface area contributed by atoms with Gasteiger partial charge in [-0.15, -0.1) is 0 Å². The number of aromatic nitrogens is 3. The molecule has 0 aliphatic carbocycles. The van der Waals surface area contributed by atoms with Crippen molar-refractivity contribution >= 4 is 5.78 Å². The largest absolute Gasteiger partial charge is 0.494 e. The highest BCUT2D eigenvalue weighted by Crippen LogP contribution is 2.18. The van der Waals surface area contributed by atoms with Crippen molar-refractivity contribution in [2.75, 3.05) is 7.11 Å². The molecule has 0 spiro atoms. The molecule has 0 aliphatic rings. The van der Waals surface area contributed by atoms with E-state index in [1.54, 1.807) is 6.07 Å². The van der Waals surface area contributed by atoms with Gasteiger partial charge in [-0.25, -0.2) is 9.37 Å². The lowest BCUT2D eigenvalue weighted by molar-refractivity contribution is 0.0983. The number of hydrogen-bond donors (Lipinski definition) is 1. The topological polar surface area (TPSA) is 67.9 Å². The molecule has 2 rings (SSSR count). The predicted octanol–water partition coefficient (Wildman–Crippen LogP) is 1.38. The summed E-state index contributed by atoms with van der Waals surface area (Å²) in [6, 6.07) is 4.39. The average Bonchev–Trinajstić information content (AvgIpc) is 2.82. The number of hydrogen-bond acceptors (Lipinski definition) is 4. The molecule has 1 N–H and O–H groups in total. The number of ketones is 1. The van der Waals surface area contributed by atoms with E-state index in [9.17, 15) is 9.18 Å². The van der Waals surface area contributed by atoms with Gasteiger partial charge in [0.25, 0.3) is 0 Å². The van der Waals surface area contributed by atoms with Crippen LogP contribution in [0.25, 0.3) is 0 Å². The summed E-state index contributed by atoms with van der Waals surface area (Å²) in [6.45, 7) is 0. The number of nitrogens with one attached hydrogen (secondary N) is 1. The van der Waals surface area contributed by atoms with E-state index in [1.165, 1.54) is 25.6 Å². The smallest absolute Gasteiger partial charge is 0.203 e. The van der Waals surface area contributed by atoms with Crippen LogP contribution in [0.2, 0.25) is 0 Å². The van der Waals surface area contributed by atoms with Gasteiger partial charge in [-0.1, -0.05) is 6.07 Å². The lowest BCUT2D eigenvalue weighted by Crippen LogP contribution is -2.06. The summed E-state index contributed by atoms with van der Waals surface area (Å²) in [5.74, 6) is -0.412. The van der Waals surface area contributed by atoms with E-state index in [1.807, 2.05) is 0 Å². The molecule has 5 nitrogen and oxygen atoms in total. The Morgan fingerprint density at radius 3 is 2.94 bits per heavy atom. The molecule has 0 saturated carbocycles. The summed E-state index contributed by atoms with van der Waals surface area (Å²) < 4.78 is 18.2. The highest BCUT2D eigenvalue weighted by molar-refractivity contribution is 5.93. The number of rotatable bonds is 4. The number of halogens is 1. The maximum Gasteiger partial charge on any atom is 0.203 e. The number of ether oxygens (including phenoxy) is 1. The summed E-state index contributed by atoms with van der Waals surface area (Å²) in [7, 11) is 1.39. The number of carbonyl (C=O) groups excluding carboxylic acids is 1. The maximum atomic E-state index is 13.4. The molecule has 88 valence electrons. The number of Topliss-reactive ketones (excluding diaryl/α,β-unsaturated/α-hetero) is 1. The molecule has 1 aromatic heterocycles. The minimum absolute atomic E-state index is 0.0656. The first-order chi connectivity index (χ1) is 8.20. The summed E-state index contributed by atoms with van der Waals surface area (Å²) in [5, 5.41) is 6.04.